The topological polar surface area (TPSA) is 40.5 Å². The van der Waals surface area contributed by atoms with Crippen molar-refractivity contribution in [3.05, 3.63) is 12.2 Å². The van der Waals surface area contributed by atoms with Crippen LogP contribution in [0.25, 0.3) is 0 Å². The first kappa shape index (κ1) is 12.7. The monoisotopic (exact) mass is 212 g/mol. The molecule has 2 N–H and O–H groups in total. The molecule has 1 saturated carbocycles. The van der Waals surface area contributed by atoms with E-state index in [2.05, 4.69) is 20.8 Å². The number of hydrogen-bond donors (Lipinski definition) is 2. The maximum Gasteiger partial charge on any atom is 0.0831 e. The van der Waals surface area contributed by atoms with Crippen LogP contribution < -0.4 is 0 Å². The maximum absolute atomic E-state index is 10.3. The molecular formula is C13H24O2. The summed E-state index contributed by atoms with van der Waals surface area (Å²) in [5, 5.41) is 19.5. The molecule has 3 unspecified atom stereocenters. The van der Waals surface area contributed by atoms with Crippen molar-refractivity contribution in [2.75, 3.05) is 0 Å². The molecule has 0 amide bonds. The Morgan fingerprint density at radius 1 is 1.33 bits per heavy atom. The molecule has 88 valence electrons. The SMILES string of the molecule is CC(O)/C=C/C1(O)CCC(C)(C)C(C)C1. The highest BCUT2D eigenvalue weighted by Crippen LogP contribution is 2.44. The van der Waals surface area contributed by atoms with Gasteiger partial charge < -0.3 is 10.2 Å². The van der Waals surface area contributed by atoms with Crippen molar-refractivity contribution in [3.8, 4) is 0 Å². The van der Waals surface area contributed by atoms with Gasteiger partial charge in [-0.2, -0.15) is 0 Å². The van der Waals surface area contributed by atoms with Gasteiger partial charge in [-0.25, -0.2) is 0 Å². The van der Waals surface area contributed by atoms with Gasteiger partial charge in [-0.05, 0) is 37.5 Å². The lowest BCUT2D eigenvalue weighted by Crippen LogP contribution is -2.40. The second-order valence-corrected chi connectivity index (χ2v) is 5.80. The molecule has 0 saturated heterocycles. The van der Waals surface area contributed by atoms with Crippen molar-refractivity contribution in [2.24, 2.45) is 11.3 Å². The fourth-order valence-electron chi connectivity index (χ4n) is 2.16. The third-order valence-electron chi connectivity index (χ3n) is 3.88. The summed E-state index contributed by atoms with van der Waals surface area (Å²) in [5.41, 5.74) is -0.378. The van der Waals surface area contributed by atoms with E-state index in [1.165, 1.54) is 0 Å². The summed E-state index contributed by atoms with van der Waals surface area (Å²) in [6.45, 7) is 8.42. The van der Waals surface area contributed by atoms with E-state index in [1.807, 2.05) is 0 Å². The first-order valence-electron chi connectivity index (χ1n) is 5.85. The Morgan fingerprint density at radius 3 is 2.40 bits per heavy atom. The largest absolute Gasteiger partial charge is 0.389 e. The Labute approximate surface area is 93.0 Å². The molecule has 1 aliphatic carbocycles. The van der Waals surface area contributed by atoms with Crippen molar-refractivity contribution in [1.29, 1.82) is 0 Å². The van der Waals surface area contributed by atoms with Crippen LogP contribution in [0.2, 0.25) is 0 Å². The van der Waals surface area contributed by atoms with E-state index in [0.29, 0.717) is 11.3 Å². The summed E-state index contributed by atoms with van der Waals surface area (Å²) in [7, 11) is 0. The quantitative estimate of drug-likeness (QED) is 0.690. The normalized spacial score (nSPS) is 38.1. The van der Waals surface area contributed by atoms with E-state index in [1.54, 1.807) is 19.1 Å². The Kier molecular flexibility index (Phi) is 3.62. The highest BCUT2D eigenvalue weighted by Gasteiger charge is 2.39. The Morgan fingerprint density at radius 2 is 1.93 bits per heavy atom. The molecule has 0 radical (unpaired) electrons. The minimum atomic E-state index is -0.702. The van der Waals surface area contributed by atoms with Crippen molar-refractivity contribution in [3.63, 3.8) is 0 Å². The Bertz CT molecular complexity index is 243. The van der Waals surface area contributed by atoms with E-state index in [9.17, 15) is 5.11 Å². The van der Waals surface area contributed by atoms with Crippen LogP contribution >= 0.6 is 0 Å². The van der Waals surface area contributed by atoms with Gasteiger partial charge in [0, 0.05) is 0 Å². The summed E-state index contributed by atoms with van der Waals surface area (Å²) in [6.07, 6.45) is 5.62. The highest BCUT2D eigenvalue weighted by molar-refractivity contribution is 5.07. The van der Waals surface area contributed by atoms with Gasteiger partial charge in [-0.3, -0.25) is 0 Å². The van der Waals surface area contributed by atoms with Crippen LogP contribution in [0.3, 0.4) is 0 Å². The molecule has 1 fully saturated rings. The van der Waals surface area contributed by atoms with Crippen LogP contribution in [-0.4, -0.2) is 21.9 Å². The summed E-state index contributed by atoms with van der Waals surface area (Å²) in [6, 6.07) is 0. The standard InChI is InChI=1S/C13H24O2/c1-10-9-13(15,6-5-11(2)14)8-7-12(10,3)4/h5-6,10-11,14-15H,7-9H2,1-4H3/b6-5+. The van der Waals surface area contributed by atoms with E-state index >= 15 is 0 Å². The van der Waals surface area contributed by atoms with E-state index < -0.39 is 11.7 Å². The van der Waals surface area contributed by atoms with Crippen molar-refractivity contribution < 1.29 is 10.2 Å². The smallest absolute Gasteiger partial charge is 0.0831 e. The van der Waals surface area contributed by atoms with Crippen LogP contribution in [0.4, 0.5) is 0 Å². The molecule has 1 aliphatic rings. The van der Waals surface area contributed by atoms with Crippen LogP contribution in [0.15, 0.2) is 12.2 Å². The second kappa shape index (κ2) is 4.26. The van der Waals surface area contributed by atoms with Crippen LogP contribution in [0, 0.1) is 11.3 Å². The third kappa shape index (κ3) is 3.32. The van der Waals surface area contributed by atoms with Gasteiger partial charge in [0.1, 0.15) is 0 Å². The first-order chi connectivity index (χ1) is 6.75. The minimum Gasteiger partial charge on any atom is -0.389 e. The zero-order valence-electron chi connectivity index (χ0n) is 10.3. The molecule has 0 bridgehead atoms. The lowest BCUT2D eigenvalue weighted by Gasteiger charge is -2.44. The molecule has 0 aromatic heterocycles. The van der Waals surface area contributed by atoms with E-state index in [0.717, 1.165) is 19.3 Å². The first-order valence-corrected chi connectivity index (χ1v) is 5.85. The Balaban J connectivity index is 2.67. The van der Waals surface area contributed by atoms with Gasteiger partial charge in [-0.1, -0.05) is 32.9 Å². The highest BCUT2D eigenvalue weighted by atomic mass is 16.3. The van der Waals surface area contributed by atoms with Crippen LogP contribution in [-0.2, 0) is 0 Å². The fourth-order valence-corrected chi connectivity index (χ4v) is 2.16. The minimum absolute atomic E-state index is 0.324. The molecule has 0 aliphatic heterocycles. The van der Waals surface area contributed by atoms with Gasteiger partial charge in [0.2, 0.25) is 0 Å². The predicted octanol–water partition coefficient (Wildman–Crippen LogP) is 2.50. The molecule has 0 aromatic rings. The second-order valence-electron chi connectivity index (χ2n) is 5.80. The van der Waals surface area contributed by atoms with Crippen LogP contribution in [0.5, 0.6) is 0 Å². The average Bonchev–Trinajstić information content (AvgIpc) is 2.10. The zero-order valence-corrected chi connectivity index (χ0v) is 10.3. The van der Waals surface area contributed by atoms with Crippen molar-refractivity contribution in [2.45, 2.75) is 58.7 Å². The molecule has 0 spiro atoms. The van der Waals surface area contributed by atoms with Gasteiger partial charge >= 0.3 is 0 Å². The summed E-state index contributed by atoms with van der Waals surface area (Å²) in [4.78, 5) is 0. The summed E-state index contributed by atoms with van der Waals surface area (Å²) in [5.74, 6) is 0.509. The number of aliphatic hydroxyl groups is 2. The fraction of sp³-hybridized carbons (Fsp3) is 0.846. The summed E-state index contributed by atoms with van der Waals surface area (Å²) < 4.78 is 0. The lowest BCUT2D eigenvalue weighted by atomic mass is 9.64. The van der Waals surface area contributed by atoms with Crippen LogP contribution in [0.1, 0.15) is 47.0 Å². The molecule has 1 rings (SSSR count). The molecule has 2 heteroatoms. The van der Waals surface area contributed by atoms with Gasteiger partial charge in [0.25, 0.3) is 0 Å². The third-order valence-corrected chi connectivity index (χ3v) is 3.88. The predicted molar refractivity (Wildman–Crippen MR) is 62.6 cm³/mol. The molecule has 0 heterocycles. The summed E-state index contributed by atoms with van der Waals surface area (Å²) >= 11 is 0. The number of rotatable bonds is 2. The molecule has 2 nitrogen and oxygen atoms in total. The molecule has 3 atom stereocenters. The van der Waals surface area contributed by atoms with Crippen molar-refractivity contribution >= 4 is 0 Å². The van der Waals surface area contributed by atoms with Gasteiger partial charge in [-0.15, -0.1) is 0 Å². The number of hydrogen-bond acceptors (Lipinski definition) is 2. The van der Waals surface area contributed by atoms with Gasteiger partial charge in [0.05, 0.1) is 11.7 Å². The molecule has 15 heavy (non-hydrogen) atoms. The van der Waals surface area contributed by atoms with Gasteiger partial charge in [0.15, 0.2) is 0 Å². The maximum atomic E-state index is 10.3. The number of aliphatic hydroxyl groups excluding tert-OH is 1. The Hall–Kier alpha value is -0.340. The lowest BCUT2D eigenvalue weighted by molar-refractivity contribution is -0.0191. The molecule has 0 aromatic carbocycles. The molecular weight excluding hydrogens is 188 g/mol. The van der Waals surface area contributed by atoms with E-state index in [-0.39, 0.29) is 0 Å². The van der Waals surface area contributed by atoms with Crippen molar-refractivity contribution in [1.82, 2.24) is 0 Å². The van der Waals surface area contributed by atoms with E-state index in [4.69, 9.17) is 5.11 Å². The average molecular weight is 212 g/mol. The zero-order chi connectivity index (χ0) is 11.7.